The van der Waals surface area contributed by atoms with Crippen LogP contribution in [0.2, 0.25) is 0 Å². The molecule has 0 aromatic rings. The van der Waals surface area contributed by atoms with Crippen LogP contribution in [-0.2, 0) is 28.2 Å². The van der Waals surface area contributed by atoms with E-state index in [9.17, 15) is 14.2 Å². The molecule has 0 aromatic carbocycles. The highest BCUT2D eigenvalue weighted by atomic mass is 31.2. The first-order valence-electron chi connectivity index (χ1n) is 19.0. The second kappa shape index (κ2) is 33.7. The van der Waals surface area contributed by atoms with E-state index >= 15 is 0 Å². The molecule has 0 unspecified atom stereocenters. The van der Waals surface area contributed by atoms with E-state index in [-0.39, 0.29) is 19.4 Å². The van der Waals surface area contributed by atoms with Crippen LogP contribution in [0, 0.1) is 0 Å². The molecule has 0 saturated carbocycles. The third-order valence-corrected chi connectivity index (χ3v) is 8.77. The molecule has 0 amide bonds. The summed E-state index contributed by atoms with van der Waals surface area (Å²) in [6, 6.07) is 0. The molecule has 0 aliphatic rings. The Hall–Kier alpha value is -1.21. The maximum Gasteiger partial charge on any atom is 0.469 e. The summed E-state index contributed by atoms with van der Waals surface area (Å²) in [4.78, 5) is 42.6. The van der Waals surface area contributed by atoms with Gasteiger partial charge < -0.3 is 19.3 Å². The summed E-state index contributed by atoms with van der Waals surface area (Å²) in [5, 5.41) is 0. The highest BCUT2D eigenvalue weighted by molar-refractivity contribution is 7.46. The molecule has 0 rings (SSSR count). The summed E-state index contributed by atoms with van der Waals surface area (Å²) in [5.41, 5.74) is 0. The SMILES string of the molecule is CCCCCC/C=C/CCCCCCCCCCCC(=O)OC[C@H](COP(=O)(O)O)OC(=O)CCCCCCCCCCCCC. The minimum absolute atomic E-state index is 0.216. The molecule has 0 aliphatic heterocycles. The first-order valence-corrected chi connectivity index (χ1v) is 20.5. The summed E-state index contributed by atoms with van der Waals surface area (Å²) >= 11 is 0. The van der Waals surface area contributed by atoms with Crippen molar-refractivity contribution in [3.05, 3.63) is 12.2 Å². The van der Waals surface area contributed by atoms with E-state index in [0.717, 1.165) is 38.5 Å². The van der Waals surface area contributed by atoms with Gasteiger partial charge in [0.05, 0.1) is 6.61 Å². The zero-order chi connectivity index (χ0) is 34.0. The van der Waals surface area contributed by atoms with Gasteiger partial charge in [-0.2, -0.15) is 0 Å². The fourth-order valence-corrected chi connectivity index (χ4v) is 5.79. The zero-order valence-electron chi connectivity index (χ0n) is 29.7. The number of allylic oxidation sites excluding steroid dienone is 2. The Kier molecular flexibility index (Phi) is 32.8. The number of phosphoric acid groups is 1. The van der Waals surface area contributed by atoms with Crippen molar-refractivity contribution < 1.29 is 37.9 Å². The largest absolute Gasteiger partial charge is 0.469 e. The van der Waals surface area contributed by atoms with Crippen molar-refractivity contribution >= 4 is 19.8 Å². The summed E-state index contributed by atoms with van der Waals surface area (Å²) in [7, 11) is -4.74. The van der Waals surface area contributed by atoms with Gasteiger partial charge in [0, 0.05) is 12.8 Å². The number of rotatable bonds is 35. The molecule has 0 spiro atoms. The molecule has 0 bridgehead atoms. The Morgan fingerprint density at radius 1 is 0.543 bits per heavy atom. The minimum atomic E-state index is -4.74. The number of carbonyl (C=O) groups excluding carboxylic acids is 2. The van der Waals surface area contributed by atoms with Gasteiger partial charge in [-0.25, -0.2) is 4.57 Å². The van der Waals surface area contributed by atoms with E-state index in [2.05, 4.69) is 30.5 Å². The molecule has 8 nitrogen and oxygen atoms in total. The molecule has 272 valence electrons. The van der Waals surface area contributed by atoms with Crippen LogP contribution in [0.3, 0.4) is 0 Å². The van der Waals surface area contributed by atoms with Crippen molar-refractivity contribution in [1.29, 1.82) is 0 Å². The highest BCUT2D eigenvalue weighted by Gasteiger charge is 2.22. The van der Waals surface area contributed by atoms with Crippen LogP contribution in [-0.4, -0.2) is 41.0 Å². The third-order valence-electron chi connectivity index (χ3n) is 8.28. The monoisotopic (exact) mass is 674 g/mol. The second-order valence-corrected chi connectivity index (χ2v) is 14.1. The molecule has 0 fully saturated rings. The number of ether oxygens (including phenoxy) is 2. The van der Waals surface area contributed by atoms with Crippen LogP contribution in [0.4, 0.5) is 0 Å². The lowest BCUT2D eigenvalue weighted by Crippen LogP contribution is -2.29. The van der Waals surface area contributed by atoms with Crippen molar-refractivity contribution in [1.82, 2.24) is 0 Å². The Morgan fingerprint density at radius 2 is 0.913 bits per heavy atom. The van der Waals surface area contributed by atoms with Crippen LogP contribution in [0.25, 0.3) is 0 Å². The van der Waals surface area contributed by atoms with Crippen molar-refractivity contribution in [3.63, 3.8) is 0 Å². The van der Waals surface area contributed by atoms with E-state index in [1.165, 1.54) is 122 Å². The van der Waals surface area contributed by atoms with Gasteiger partial charge in [0.2, 0.25) is 0 Å². The quantitative estimate of drug-likeness (QED) is 0.0295. The topological polar surface area (TPSA) is 119 Å². The number of phosphoric ester groups is 1. The van der Waals surface area contributed by atoms with Gasteiger partial charge in [-0.3, -0.25) is 14.1 Å². The number of carbonyl (C=O) groups is 2. The predicted octanol–water partition coefficient (Wildman–Crippen LogP) is 11.1. The van der Waals surface area contributed by atoms with Crippen LogP contribution in [0.1, 0.15) is 194 Å². The predicted molar refractivity (Wildman–Crippen MR) is 189 cm³/mol. The molecule has 0 saturated heterocycles. The van der Waals surface area contributed by atoms with Gasteiger partial charge in [-0.15, -0.1) is 0 Å². The smallest absolute Gasteiger partial charge is 0.462 e. The second-order valence-electron chi connectivity index (χ2n) is 12.9. The Labute approximate surface area is 282 Å². The zero-order valence-corrected chi connectivity index (χ0v) is 30.6. The van der Waals surface area contributed by atoms with Crippen LogP contribution < -0.4 is 0 Å². The molecule has 0 aromatic heterocycles. The number of hydrogen-bond donors (Lipinski definition) is 2. The summed E-state index contributed by atoms with van der Waals surface area (Å²) < 4.78 is 26.3. The third kappa shape index (κ3) is 35.6. The molecule has 2 N–H and O–H groups in total. The average Bonchev–Trinajstić information content (AvgIpc) is 3.02. The van der Waals surface area contributed by atoms with Gasteiger partial charge >= 0.3 is 19.8 Å². The normalized spacial score (nSPS) is 12.5. The standard InChI is InChI=1S/C37H71O8P/c1-3-5-7-9-11-13-15-16-17-18-19-20-22-23-25-27-29-31-36(38)43-33-35(34-44-46(40,41)42)45-37(39)32-30-28-26-24-21-14-12-10-8-6-4-2/h13,15,35H,3-12,14,16-34H2,1-2H3,(H2,40,41,42)/b15-13+/t35-/m1/s1. The van der Waals surface area contributed by atoms with Crippen LogP contribution in [0.5, 0.6) is 0 Å². The maximum absolute atomic E-state index is 12.3. The fourth-order valence-electron chi connectivity index (χ4n) is 5.43. The van der Waals surface area contributed by atoms with Crippen molar-refractivity contribution in [2.45, 2.75) is 200 Å². The van der Waals surface area contributed by atoms with E-state index in [0.29, 0.717) is 6.42 Å². The number of unbranched alkanes of at least 4 members (excludes halogenated alkanes) is 23. The molecular weight excluding hydrogens is 603 g/mol. The highest BCUT2D eigenvalue weighted by Crippen LogP contribution is 2.36. The Morgan fingerprint density at radius 3 is 1.35 bits per heavy atom. The van der Waals surface area contributed by atoms with Crippen molar-refractivity contribution in [3.8, 4) is 0 Å². The molecule has 0 radical (unpaired) electrons. The van der Waals surface area contributed by atoms with E-state index in [1.807, 2.05) is 0 Å². The van der Waals surface area contributed by atoms with Crippen molar-refractivity contribution in [2.75, 3.05) is 13.2 Å². The lowest BCUT2D eigenvalue weighted by atomic mass is 10.1. The summed E-state index contributed by atoms with van der Waals surface area (Å²) in [6.45, 7) is 3.66. The van der Waals surface area contributed by atoms with Gasteiger partial charge in [-0.05, 0) is 38.5 Å². The van der Waals surface area contributed by atoms with E-state index in [1.54, 1.807) is 0 Å². The molecule has 0 heterocycles. The van der Waals surface area contributed by atoms with Gasteiger partial charge in [-0.1, -0.05) is 154 Å². The Balaban J connectivity index is 3.91. The molecular formula is C37H71O8P. The van der Waals surface area contributed by atoms with E-state index in [4.69, 9.17) is 19.3 Å². The van der Waals surface area contributed by atoms with Crippen molar-refractivity contribution in [2.24, 2.45) is 0 Å². The maximum atomic E-state index is 12.3. The van der Waals surface area contributed by atoms with Gasteiger partial charge in [0.15, 0.2) is 6.10 Å². The number of esters is 2. The van der Waals surface area contributed by atoms with E-state index < -0.39 is 32.5 Å². The average molecular weight is 675 g/mol. The molecule has 1 atom stereocenters. The minimum Gasteiger partial charge on any atom is -0.462 e. The summed E-state index contributed by atoms with van der Waals surface area (Å²) in [5.74, 6) is -0.881. The number of hydrogen-bond acceptors (Lipinski definition) is 6. The first kappa shape index (κ1) is 44.8. The van der Waals surface area contributed by atoms with Gasteiger partial charge in [0.1, 0.15) is 6.61 Å². The van der Waals surface area contributed by atoms with Crippen LogP contribution in [0.15, 0.2) is 12.2 Å². The lowest BCUT2D eigenvalue weighted by molar-refractivity contribution is -0.161. The molecule has 0 aliphatic carbocycles. The molecule has 46 heavy (non-hydrogen) atoms. The summed E-state index contributed by atoms with van der Waals surface area (Å²) in [6.07, 6.45) is 35.0. The first-order chi connectivity index (χ1) is 22.3. The molecule has 9 heteroatoms. The van der Waals surface area contributed by atoms with Gasteiger partial charge in [0.25, 0.3) is 0 Å². The van der Waals surface area contributed by atoms with Crippen LogP contribution >= 0.6 is 7.82 Å². The lowest BCUT2D eigenvalue weighted by Gasteiger charge is -2.18. The fraction of sp³-hybridized carbons (Fsp3) is 0.892. The Bertz CT molecular complexity index is 766.